The Morgan fingerprint density at radius 2 is 1.85 bits per heavy atom. The van der Waals surface area contributed by atoms with Crippen molar-refractivity contribution in [2.24, 2.45) is 0 Å². The minimum Gasteiger partial charge on any atom is -0.511 e. The van der Waals surface area contributed by atoms with Gasteiger partial charge in [-0.15, -0.1) is 0 Å². The third kappa shape index (κ3) is 3.27. The number of hydrogen-bond donors (Lipinski definition) is 1. The van der Waals surface area contributed by atoms with E-state index in [1.54, 1.807) is 13.8 Å². The van der Waals surface area contributed by atoms with Gasteiger partial charge in [0.05, 0.1) is 6.61 Å². The zero-order valence-corrected chi connectivity index (χ0v) is 8.09. The summed E-state index contributed by atoms with van der Waals surface area (Å²) in [6, 6.07) is 0. The second-order valence-corrected chi connectivity index (χ2v) is 2.45. The number of allylic oxidation sites excluding steroid dienone is 1. The molecule has 0 saturated carbocycles. The van der Waals surface area contributed by atoms with Gasteiger partial charge in [-0.2, -0.15) is 0 Å². The molecule has 0 bridgehead atoms. The van der Waals surface area contributed by atoms with E-state index in [2.05, 4.69) is 4.74 Å². The highest BCUT2D eigenvalue weighted by molar-refractivity contribution is 6.16. The summed E-state index contributed by atoms with van der Waals surface area (Å²) >= 11 is 0. The molecule has 0 heterocycles. The summed E-state index contributed by atoms with van der Waals surface area (Å²) in [6.45, 7) is 4.70. The summed E-state index contributed by atoms with van der Waals surface area (Å²) < 4.78 is 4.61. The van der Waals surface area contributed by atoms with Crippen LogP contribution >= 0.6 is 0 Å². The van der Waals surface area contributed by atoms with E-state index in [9.17, 15) is 14.7 Å². The number of hydrogen-bond acceptors (Lipinski definition) is 4. The third-order valence-corrected chi connectivity index (χ3v) is 1.46. The first-order valence-corrected chi connectivity index (χ1v) is 4.14. The van der Waals surface area contributed by atoms with Gasteiger partial charge in [0.2, 0.25) is 0 Å². The summed E-state index contributed by atoms with van der Waals surface area (Å²) in [7, 11) is 0. The van der Waals surface area contributed by atoms with Crippen LogP contribution < -0.4 is 0 Å². The fraction of sp³-hybridized carbons (Fsp3) is 0.556. The molecule has 4 heteroatoms. The van der Waals surface area contributed by atoms with Crippen molar-refractivity contribution in [3.05, 3.63) is 11.3 Å². The summed E-state index contributed by atoms with van der Waals surface area (Å²) in [5.41, 5.74) is -0.246. The number of carbonyl (C=O) groups is 2. The van der Waals surface area contributed by atoms with Crippen LogP contribution in [-0.2, 0) is 14.3 Å². The molecule has 0 unspecified atom stereocenters. The van der Waals surface area contributed by atoms with Gasteiger partial charge in [-0.25, -0.2) is 4.79 Å². The summed E-state index contributed by atoms with van der Waals surface area (Å²) in [6.07, 6.45) is 0.244. The molecule has 0 aromatic rings. The van der Waals surface area contributed by atoms with Crippen LogP contribution in [0.25, 0.3) is 0 Å². The van der Waals surface area contributed by atoms with Gasteiger partial charge in [0, 0.05) is 6.42 Å². The topological polar surface area (TPSA) is 63.6 Å². The molecule has 0 spiro atoms. The Morgan fingerprint density at radius 3 is 2.15 bits per heavy atom. The van der Waals surface area contributed by atoms with E-state index in [0.29, 0.717) is 0 Å². The lowest BCUT2D eigenvalue weighted by Crippen LogP contribution is -2.16. The normalized spacial score (nSPS) is 11.9. The molecule has 4 nitrogen and oxygen atoms in total. The van der Waals surface area contributed by atoms with Gasteiger partial charge in [0.1, 0.15) is 11.3 Å². The standard InChI is InChI=1S/C9H14O4/c1-4-7(11)8(6(3)10)9(12)13-5-2/h11H,4-5H2,1-3H3/b8-7-. The molecule has 0 aliphatic rings. The van der Waals surface area contributed by atoms with E-state index in [1.807, 2.05) is 0 Å². The van der Waals surface area contributed by atoms with Gasteiger partial charge in [-0.05, 0) is 13.8 Å². The smallest absolute Gasteiger partial charge is 0.345 e. The molecule has 0 radical (unpaired) electrons. The average molecular weight is 186 g/mol. The monoisotopic (exact) mass is 186 g/mol. The van der Waals surface area contributed by atoms with Gasteiger partial charge < -0.3 is 9.84 Å². The summed E-state index contributed by atoms with van der Waals surface area (Å²) in [4.78, 5) is 22.1. The molecule has 1 N–H and O–H groups in total. The first kappa shape index (κ1) is 11.7. The van der Waals surface area contributed by atoms with Gasteiger partial charge >= 0.3 is 5.97 Å². The highest BCUT2D eigenvalue weighted by Gasteiger charge is 2.19. The molecule has 74 valence electrons. The minimum absolute atomic E-state index is 0.187. The molecule has 0 fully saturated rings. The number of Topliss-reactive ketones (excluding diaryl/α,β-unsaturated/α-hetero) is 1. The van der Waals surface area contributed by atoms with E-state index >= 15 is 0 Å². The minimum atomic E-state index is -0.755. The Kier molecular flexibility index (Phi) is 4.80. The van der Waals surface area contributed by atoms with Crippen LogP contribution in [0.3, 0.4) is 0 Å². The Labute approximate surface area is 77.2 Å². The number of esters is 1. The van der Waals surface area contributed by atoms with E-state index in [0.717, 1.165) is 0 Å². The molecule has 0 aromatic heterocycles. The second-order valence-electron chi connectivity index (χ2n) is 2.45. The second kappa shape index (κ2) is 5.35. The van der Waals surface area contributed by atoms with Crippen molar-refractivity contribution in [1.82, 2.24) is 0 Å². The van der Waals surface area contributed by atoms with Gasteiger partial charge in [-0.3, -0.25) is 4.79 Å². The zero-order valence-electron chi connectivity index (χ0n) is 8.09. The van der Waals surface area contributed by atoms with Gasteiger partial charge in [0.25, 0.3) is 0 Å². The molecule has 0 rings (SSSR count). The highest BCUT2D eigenvalue weighted by Crippen LogP contribution is 2.08. The lowest BCUT2D eigenvalue weighted by Gasteiger charge is -2.05. The van der Waals surface area contributed by atoms with Crippen LogP contribution in [0.4, 0.5) is 0 Å². The zero-order chi connectivity index (χ0) is 10.4. The average Bonchev–Trinajstić information content (AvgIpc) is 2.04. The molecule has 0 saturated heterocycles. The van der Waals surface area contributed by atoms with Crippen LogP contribution in [0.2, 0.25) is 0 Å². The molecular weight excluding hydrogens is 172 g/mol. The van der Waals surface area contributed by atoms with Crippen LogP contribution in [0, 0.1) is 0 Å². The number of ether oxygens (including phenoxy) is 1. The van der Waals surface area contributed by atoms with Crippen molar-refractivity contribution in [3.8, 4) is 0 Å². The molecule has 0 aromatic carbocycles. The largest absolute Gasteiger partial charge is 0.511 e. The number of rotatable bonds is 4. The lowest BCUT2D eigenvalue weighted by atomic mass is 10.1. The van der Waals surface area contributed by atoms with Crippen LogP contribution in [0.5, 0.6) is 0 Å². The first-order chi connectivity index (χ1) is 6.04. The molecule has 0 atom stereocenters. The van der Waals surface area contributed by atoms with Crippen LogP contribution in [0.15, 0.2) is 11.3 Å². The number of ketones is 1. The van der Waals surface area contributed by atoms with E-state index in [4.69, 9.17) is 0 Å². The Balaban J connectivity index is 4.82. The van der Waals surface area contributed by atoms with E-state index < -0.39 is 11.8 Å². The predicted octanol–water partition coefficient (Wildman–Crippen LogP) is 1.36. The Hall–Kier alpha value is -1.32. The maximum absolute atomic E-state index is 11.1. The number of aliphatic hydroxyl groups excluding tert-OH is 1. The molecule has 0 amide bonds. The summed E-state index contributed by atoms with van der Waals surface area (Å²) in [5.74, 6) is -1.45. The fourth-order valence-electron chi connectivity index (χ4n) is 0.845. The van der Waals surface area contributed by atoms with Crippen molar-refractivity contribution in [1.29, 1.82) is 0 Å². The van der Waals surface area contributed by atoms with Crippen molar-refractivity contribution in [2.75, 3.05) is 6.61 Å². The van der Waals surface area contributed by atoms with Crippen molar-refractivity contribution in [3.63, 3.8) is 0 Å². The number of carbonyl (C=O) groups excluding carboxylic acids is 2. The maximum Gasteiger partial charge on any atom is 0.345 e. The molecule has 0 aliphatic carbocycles. The third-order valence-electron chi connectivity index (χ3n) is 1.46. The predicted molar refractivity (Wildman–Crippen MR) is 47.3 cm³/mol. The molecule has 13 heavy (non-hydrogen) atoms. The lowest BCUT2D eigenvalue weighted by molar-refractivity contribution is -0.140. The quantitative estimate of drug-likeness (QED) is 0.237. The van der Waals surface area contributed by atoms with Crippen LogP contribution in [-0.4, -0.2) is 23.5 Å². The van der Waals surface area contributed by atoms with E-state index in [1.165, 1.54) is 6.92 Å². The number of aliphatic hydroxyl groups is 1. The first-order valence-electron chi connectivity index (χ1n) is 4.14. The van der Waals surface area contributed by atoms with Crippen molar-refractivity contribution in [2.45, 2.75) is 27.2 Å². The SMILES string of the molecule is CCOC(=O)/C(C(C)=O)=C(\O)CC. The van der Waals surface area contributed by atoms with Gasteiger partial charge in [-0.1, -0.05) is 6.92 Å². The van der Waals surface area contributed by atoms with Gasteiger partial charge in [0.15, 0.2) is 5.78 Å². The molecule has 0 aliphatic heterocycles. The maximum atomic E-state index is 11.1. The van der Waals surface area contributed by atoms with Crippen LogP contribution in [0.1, 0.15) is 27.2 Å². The Bertz CT molecular complexity index is 240. The fourth-order valence-corrected chi connectivity index (χ4v) is 0.845. The van der Waals surface area contributed by atoms with Crippen molar-refractivity contribution >= 4 is 11.8 Å². The van der Waals surface area contributed by atoms with E-state index in [-0.39, 0.29) is 24.4 Å². The summed E-state index contributed by atoms with van der Waals surface area (Å²) in [5, 5.41) is 9.24. The van der Waals surface area contributed by atoms with Crippen molar-refractivity contribution < 1.29 is 19.4 Å². The highest BCUT2D eigenvalue weighted by atomic mass is 16.5. The Morgan fingerprint density at radius 1 is 1.31 bits per heavy atom. The molecular formula is C9H14O4.